The summed E-state index contributed by atoms with van der Waals surface area (Å²) in [4.78, 5) is 11.4. The summed E-state index contributed by atoms with van der Waals surface area (Å²) in [6.07, 6.45) is 3.66. The zero-order chi connectivity index (χ0) is 15.4. The number of fused-ring (bicyclic) bond motifs is 1. The molecule has 22 heavy (non-hydrogen) atoms. The smallest absolute Gasteiger partial charge is 0.150 e. The van der Waals surface area contributed by atoms with Gasteiger partial charge in [0.15, 0.2) is 0 Å². The minimum Gasteiger partial charge on any atom is -0.298 e. The number of allylic oxidation sites excluding steroid dienone is 2. The SMILES string of the molecule is O=CC(=CCc1cccc2ccccc12)c1ccc(Br)cc1. The Bertz CT molecular complexity index is 826. The van der Waals surface area contributed by atoms with Crippen LogP contribution in [-0.2, 0) is 11.2 Å². The topological polar surface area (TPSA) is 17.1 Å². The van der Waals surface area contributed by atoms with Crippen LogP contribution in [0.25, 0.3) is 16.3 Å². The van der Waals surface area contributed by atoms with E-state index < -0.39 is 0 Å². The fourth-order valence-corrected chi connectivity index (χ4v) is 2.83. The van der Waals surface area contributed by atoms with Gasteiger partial charge in [0, 0.05) is 10.0 Å². The number of carbonyl (C=O) groups is 1. The molecule has 0 saturated heterocycles. The van der Waals surface area contributed by atoms with Crippen LogP contribution in [0.3, 0.4) is 0 Å². The first-order valence-corrected chi connectivity index (χ1v) is 7.95. The maximum Gasteiger partial charge on any atom is 0.150 e. The van der Waals surface area contributed by atoms with Crippen LogP contribution in [0, 0.1) is 0 Å². The fraction of sp³-hybridized carbons (Fsp3) is 0.0500. The number of hydrogen-bond donors (Lipinski definition) is 0. The number of rotatable bonds is 4. The van der Waals surface area contributed by atoms with Gasteiger partial charge in [-0.2, -0.15) is 0 Å². The molecule has 2 heteroatoms. The molecule has 0 heterocycles. The highest BCUT2D eigenvalue weighted by molar-refractivity contribution is 9.10. The molecule has 0 spiro atoms. The lowest BCUT2D eigenvalue weighted by Gasteiger charge is -2.05. The Morgan fingerprint density at radius 2 is 1.64 bits per heavy atom. The van der Waals surface area contributed by atoms with Gasteiger partial charge in [0.2, 0.25) is 0 Å². The van der Waals surface area contributed by atoms with E-state index in [9.17, 15) is 4.79 Å². The van der Waals surface area contributed by atoms with Gasteiger partial charge in [0.1, 0.15) is 6.29 Å². The van der Waals surface area contributed by atoms with E-state index in [0.29, 0.717) is 0 Å². The van der Waals surface area contributed by atoms with Gasteiger partial charge in [0.25, 0.3) is 0 Å². The Morgan fingerprint density at radius 1 is 0.909 bits per heavy atom. The number of carbonyl (C=O) groups excluding carboxylic acids is 1. The molecule has 0 radical (unpaired) electrons. The largest absolute Gasteiger partial charge is 0.298 e. The molecule has 0 saturated carbocycles. The molecule has 108 valence electrons. The lowest BCUT2D eigenvalue weighted by atomic mass is 9.99. The van der Waals surface area contributed by atoms with Crippen molar-refractivity contribution >= 4 is 38.6 Å². The molecule has 3 aromatic rings. The van der Waals surface area contributed by atoms with E-state index in [-0.39, 0.29) is 0 Å². The van der Waals surface area contributed by atoms with Gasteiger partial charge < -0.3 is 0 Å². The average molecular weight is 351 g/mol. The monoisotopic (exact) mass is 350 g/mol. The van der Waals surface area contributed by atoms with E-state index in [0.717, 1.165) is 28.3 Å². The molecule has 0 aliphatic carbocycles. The van der Waals surface area contributed by atoms with E-state index in [1.807, 2.05) is 42.5 Å². The second-order valence-electron chi connectivity index (χ2n) is 5.13. The minimum atomic E-state index is 0.723. The van der Waals surface area contributed by atoms with Crippen LogP contribution < -0.4 is 0 Å². The summed E-state index contributed by atoms with van der Waals surface area (Å²) in [7, 11) is 0. The van der Waals surface area contributed by atoms with Crippen molar-refractivity contribution in [1.82, 2.24) is 0 Å². The Hall–Kier alpha value is -2.19. The Morgan fingerprint density at radius 3 is 2.41 bits per heavy atom. The summed E-state index contributed by atoms with van der Waals surface area (Å²) in [6, 6.07) is 22.4. The van der Waals surface area contributed by atoms with Gasteiger partial charge in [-0.3, -0.25) is 4.79 Å². The molecule has 3 rings (SSSR count). The maximum absolute atomic E-state index is 11.4. The summed E-state index contributed by atoms with van der Waals surface area (Å²) in [5, 5.41) is 2.46. The normalized spacial score (nSPS) is 11.6. The van der Waals surface area contributed by atoms with Gasteiger partial charge in [-0.25, -0.2) is 0 Å². The second kappa shape index (κ2) is 6.71. The molecule has 0 aromatic heterocycles. The highest BCUT2D eigenvalue weighted by atomic mass is 79.9. The highest BCUT2D eigenvalue weighted by Crippen LogP contribution is 2.21. The summed E-state index contributed by atoms with van der Waals surface area (Å²) in [6.45, 7) is 0. The van der Waals surface area contributed by atoms with Crippen molar-refractivity contribution in [2.75, 3.05) is 0 Å². The van der Waals surface area contributed by atoms with E-state index in [4.69, 9.17) is 0 Å². The molecule has 0 unspecified atom stereocenters. The molecule has 3 aromatic carbocycles. The van der Waals surface area contributed by atoms with Crippen molar-refractivity contribution in [3.63, 3.8) is 0 Å². The van der Waals surface area contributed by atoms with Crippen molar-refractivity contribution in [3.8, 4) is 0 Å². The van der Waals surface area contributed by atoms with Gasteiger partial charge in [-0.1, -0.05) is 76.6 Å². The predicted molar refractivity (Wildman–Crippen MR) is 95.8 cm³/mol. The van der Waals surface area contributed by atoms with Gasteiger partial charge in [-0.15, -0.1) is 0 Å². The molecule has 0 fully saturated rings. The Kier molecular flexibility index (Phi) is 4.50. The fourth-order valence-electron chi connectivity index (χ4n) is 2.57. The van der Waals surface area contributed by atoms with Crippen molar-refractivity contribution in [2.24, 2.45) is 0 Å². The third-order valence-electron chi connectivity index (χ3n) is 3.73. The van der Waals surface area contributed by atoms with Crippen LogP contribution in [-0.4, -0.2) is 6.29 Å². The molecule has 0 amide bonds. The quantitative estimate of drug-likeness (QED) is 0.453. The van der Waals surface area contributed by atoms with Crippen molar-refractivity contribution in [1.29, 1.82) is 0 Å². The zero-order valence-electron chi connectivity index (χ0n) is 12.0. The number of halogens is 1. The van der Waals surface area contributed by atoms with E-state index in [1.165, 1.54) is 16.3 Å². The third kappa shape index (κ3) is 3.18. The number of benzene rings is 3. The lowest BCUT2D eigenvalue weighted by molar-refractivity contribution is -0.103. The minimum absolute atomic E-state index is 0.723. The van der Waals surface area contributed by atoms with Crippen molar-refractivity contribution < 1.29 is 4.79 Å². The highest BCUT2D eigenvalue weighted by Gasteiger charge is 2.02. The number of aldehydes is 1. The van der Waals surface area contributed by atoms with Gasteiger partial charge in [-0.05, 0) is 40.5 Å². The van der Waals surface area contributed by atoms with Crippen molar-refractivity contribution in [2.45, 2.75) is 6.42 Å². The Labute approximate surface area is 138 Å². The van der Waals surface area contributed by atoms with Crippen LogP contribution in [0.5, 0.6) is 0 Å². The van der Waals surface area contributed by atoms with Crippen LogP contribution in [0.1, 0.15) is 11.1 Å². The third-order valence-corrected chi connectivity index (χ3v) is 4.26. The number of hydrogen-bond acceptors (Lipinski definition) is 1. The van der Waals surface area contributed by atoms with Crippen LogP contribution in [0.4, 0.5) is 0 Å². The standard InChI is InChI=1S/C20H15BrO/c21-19-12-10-15(11-13-19)18(14-22)9-8-17-6-3-5-16-4-1-2-7-20(16)17/h1-7,9-14H,8H2. The summed E-state index contributed by atoms with van der Waals surface area (Å²) in [5.41, 5.74) is 2.90. The zero-order valence-corrected chi connectivity index (χ0v) is 13.6. The molecule has 0 atom stereocenters. The lowest BCUT2D eigenvalue weighted by Crippen LogP contribution is -1.89. The summed E-state index contributed by atoms with van der Waals surface area (Å²) in [5.74, 6) is 0. The van der Waals surface area contributed by atoms with E-state index in [1.54, 1.807) is 0 Å². The average Bonchev–Trinajstić information content (AvgIpc) is 2.57. The molecular weight excluding hydrogens is 336 g/mol. The van der Waals surface area contributed by atoms with Crippen LogP contribution in [0.15, 0.2) is 77.3 Å². The van der Waals surface area contributed by atoms with E-state index >= 15 is 0 Å². The Balaban J connectivity index is 1.93. The van der Waals surface area contributed by atoms with Crippen LogP contribution in [0.2, 0.25) is 0 Å². The second-order valence-corrected chi connectivity index (χ2v) is 6.04. The van der Waals surface area contributed by atoms with E-state index in [2.05, 4.69) is 46.3 Å². The molecule has 0 aliphatic heterocycles. The van der Waals surface area contributed by atoms with Gasteiger partial charge in [0.05, 0.1) is 0 Å². The first-order chi connectivity index (χ1) is 10.8. The first kappa shape index (κ1) is 14.7. The summed E-state index contributed by atoms with van der Waals surface area (Å²) < 4.78 is 1.01. The first-order valence-electron chi connectivity index (χ1n) is 7.16. The molecule has 0 bridgehead atoms. The maximum atomic E-state index is 11.4. The van der Waals surface area contributed by atoms with Crippen LogP contribution >= 0.6 is 15.9 Å². The molecule has 1 nitrogen and oxygen atoms in total. The predicted octanol–water partition coefficient (Wildman–Crippen LogP) is 5.43. The molecule has 0 aliphatic rings. The van der Waals surface area contributed by atoms with Crippen molar-refractivity contribution in [3.05, 3.63) is 88.4 Å². The molecule has 0 N–H and O–H groups in total. The summed E-state index contributed by atoms with van der Waals surface area (Å²) >= 11 is 3.41. The van der Waals surface area contributed by atoms with Gasteiger partial charge >= 0.3 is 0 Å². The molecular formula is C20H15BrO.